The van der Waals surface area contributed by atoms with Crippen molar-refractivity contribution in [2.24, 2.45) is 11.7 Å². The van der Waals surface area contributed by atoms with Crippen LogP contribution in [0.1, 0.15) is 63.0 Å². The Hall–Kier alpha value is -0.530. The Morgan fingerprint density at radius 2 is 2.10 bits per heavy atom. The van der Waals surface area contributed by atoms with E-state index in [1.54, 1.807) is 0 Å². The van der Waals surface area contributed by atoms with Gasteiger partial charge in [-0.3, -0.25) is 0 Å². The van der Waals surface area contributed by atoms with E-state index in [9.17, 15) is 0 Å². The highest BCUT2D eigenvalue weighted by atomic mass is 35.5. The third-order valence-electron chi connectivity index (χ3n) is 4.79. The van der Waals surface area contributed by atoms with E-state index < -0.39 is 0 Å². The van der Waals surface area contributed by atoms with Crippen molar-refractivity contribution in [2.45, 2.75) is 70.8 Å². The molecule has 2 rings (SSSR count). The molecule has 1 fully saturated rings. The van der Waals surface area contributed by atoms with Crippen LogP contribution in [0.25, 0.3) is 0 Å². The Morgan fingerprint density at radius 3 is 2.80 bits per heavy atom. The summed E-state index contributed by atoms with van der Waals surface area (Å²) in [6.07, 6.45) is 9.77. The lowest BCUT2D eigenvalue weighted by Crippen LogP contribution is -2.41. The molecule has 0 amide bonds. The third-order valence-corrected chi connectivity index (χ3v) is 5.14. The Morgan fingerprint density at radius 1 is 1.30 bits per heavy atom. The first-order valence-corrected chi connectivity index (χ1v) is 8.44. The van der Waals surface area contributed by atoms with Crippen molar-refractivity contribution in [2.75, 3.05) is 0 Å². The SMILES string of the molecule is CCCC1CCCC(N)(Cc2ccc(C)cc2Cl)CC1. The summed E-state index contributed by atoms with van der Waals surface area (Å²) >= 11 is 6.37. The van der Waals surface area contributed by atoms with Crippen LogP contribution < -0.4 is 5.73 Å². The first kappa shape index (κ1) is 15.9. The molecule has 0 radical (unpaired) electrons. The molecule has 0 bridgehead atoms. The highest BCUT2D eigenvalue weighted by Gasteiger charge is 2.29. The predicted octanol–water partition coefficient (Wildman–Crippen LogP) is 5.27. The first-order chi connectivity index (χ1) is 9.52. The summed E-state index contributed by atoms with van der Waals surface area (Å²) in [5.41, 5.74) is 9.08. The maximum atomic E-state index is 6.70. The van der Waals surface area contributed by atoms with Gasteiger partial charge in [-0.15, -0.1) is 0 Å². The number of aryl methyl sites for hydroxylation is 1. The summed E-state index contributed by atoms with van der Waals surface area (Å²) in [6, 6.07) is 6.35. The minimum atomic E-state index is -0.0542. The number of hydrogen-bond donors (Lipinski definition) is 1. The van der Waals surface area contributed by atoms with E-state index in [0.29, 0.717) is 0 Å². The molecule has 2 atom stereocenters. The van der Waals surface area contributed by atoms with Gasteiger partial charge >= 0.3 is 0 Å². The van der Waals surface area contributed by atoms with Crippen LogP contribution >= 0.6 is 11.6 Å². The number of rotatable bonds is 4. The third kappa shape index (κ3) is 4.23. The molecule has 1 aliphatic carbocycles. The largest absolute Gasteiger partial charge is 0.325 e. The quantitative estimate of drug-likeness (QED) is 0.752. The number of nitrogens with two attached hydrogens (primary N) is 1. The monoisotopic (exact) mass is 293 g/mol. The summed E-state index contributed by atoms with van der Waals surface area (Å²) in [5, 5.41) is 0.879. The molecular weight excluding hydrogens is 266 g/mol. The molecule has 0 saturated heterocycles. The molecule has 1 saturated carbocycles. The maximum absolute atomic E-state index is 6.70. The van der Waals surface area contributed by atoms with Gasteiger partial charge in [0, 0.05) is 10.6 Å². The highest BCUT2D eigenvalue weighted by molar-refractivity contribution is 6.31. The molecule has 0 aliphatic heterocycles. The molecule has 2 N–H and O–H groups in total. The fraction of sp³-hybridized carbons (Fsp3) is 0.667. The Bertz CT molecular complexity index is 443. The smallest absolute Gasteiger partial charge is 0.0441 e. The van der Waals surface area contributed by atoms with Crippen LogP contribution in [0, 0.1) is 12.8 Å². The maximum Gasteiger partial charge on any atom is 0.0441 e. The van der Waals surface area contributed by atoms with Gasteiger partial charge in [0.05, 0.1) is 0 Å². The van der Waals surface area contributed by atoms with Crippen LogP contribution in [0.5, 0.6) is 0 Å². The van der Waals surface area contributed by atoms with Gasteiger partial charge < -0.3 is 5.73 Å². The molecular formula is C18H28ClN. The van der Waals surface area contributed by atoms with Crippen molar-refractivity contribution in [3.05, 3.63) is 34.3 Å². The van der Waals surface area contributed by atoms with Crippen LogP contribution in [-0.2, 0) is 6.42 Å². The van der Waals surface area contributed by atoms with Gasteiger partial charge in [-0.2, -0.15) is 0 Å². The standard InChI is InChI=1S/C18H28ClN/c1-3-5-15-6-4-10-18(20,11-9-15)13-16-8-7-14(2)12-17(16)19/h7-8,12,15H,3-6,9-11,13,20H2,1-2H3. The molecule has 0 aromatic heterocycles. The zero-order valence-electron chi connectivity index (χ0n) is 12.9. The van der Waals surface area contributed by atoms with E-state index >= 15 is 0 Å². The summed E-state index contributed by atoms with van der Waals surface area (Å²) in [4.78, 5) is 0. The van der Waals surface area contributed by atoms with Crippen molar-refractivity contribution in [3.63, 3.8) is 0 Å². The first-order valence-electron chi connectivity index (χ1n) is 8.06. The molecule has 20 heavy (non-hydrogen) atoms. The summed E-state index contributed by atoms with van der Waals surface area (Å²) in [5.74, 6) is 0.888. The topological polar surface area (TPSA) is 26.0 Å². The van der Waals surface area contributed by atoms with Crippen LogP contribution in [0.15, 0.2) is 18.2 Å². The summed E-state index contributed by atoms with van der Waals surface area (Å²) in [7, 11) is 0. The van der Waals surface area contributed by atoms with Gasteiger partial charge in [-0.25, -0.2) is 0 Å². The van der Waals surface area contributed by atoms with E-state index in [2.05, 4.69) is 32.0 Å². The van der Waals surface area contributed by atoms with E-state index in [1.165, 1.54) is 43.2 Å². The van der Waals surface area contributed by atoms with Gasteiger partial charge in [0.25, 0.3) is 0 Å². The van der Waals surface area contributed by atoms with Gasteiger partial charge in [0.2, 0.25) is 0 Å². The van der Waals surface area contributed by atoms with Crippen molar-refractivity contribution in [1.82, 2.24) is 0 Å². The molecule has 2 heteroatoms. The fourth-order valence-corrected chi connectivity index (χ4v) is 3.85. The second-order valence-corrected chi connectivity index (χ2v) is 7.13. The van der Waals surface area contributed by atoms with Crippen molar-refractivity contribution in [1.29, 1.82) is 0 Å². The Balaban J connectivity index is 2.03. The van der Waals surface area contributed by atoms with Crippen molar-refractivity contribution in [3.8, 4) is 0 Å². The van der Waals surface area contributed by atoms with Crippen molar-refractivity contribution >= 4 is 11.6 Å². The van der Waals surface area contributed by atoms with Gasteiger partial charge in [0.15, 0.2) is 0 Å². The second-order valence-electron chi connectivity index (χ2n) is 6.72. The highest BCUT2D eigenvalue weighted by Crippen LogP contribution is 2.34. The molecule has 1 aromatic rings. The zero-order chi connectivity index (χ0) is 14.6. The van der Waals surface area contributed by atoms with Gasteiger partial charge in [-0.1, -0.05) is 56.3 Å². The molecule has 1 aliphatic rings. The van der Waals surface area contributed by atoms with E-state index in [1.807, 2.05) is 0 Å². The Kier molecular flexibility index (Phi) is 5.51. The van der Waals surface area contributed by atoms with Crippen LogP contribution in [0.3, 0.4) is 0 Å². The minimum Gasteiger partial charge on any atom is -0.325 e. The lowest BCUT2D eigenvalue weighted by molar-refractivity contribution is 0.355. The summed E-state index contributed by atoms with van der Waals surface area (Å²) < 4.78 is 0. The van der Waals surface area contributed by atoms with E-state index in [-0.39, 0.29) is 5.54 Å². The van der Waals surface area contributed by atoms with E-state index in [4.69, 9.17) is 17.3 Å². The molecule has 0 spiro atoms. The van der Waals surface area contributed by atoms with Crippen LogP contribution in [0.2, 0.25) is 5.02 Å². The van der Waals surface area contributed by atoms with Gasteiger partial charge in [0.1, 0.15) is 0 Å². The second kappa shape index (κ2) is 6.95. The molecule has 0 heterocycles. The molecule has 1 aromatic carbocycles. The zero-order valence-corrected chi connectivity index (χ0v) is 13.7. The molecule has 1 nitrogen and oxygen atoms in total. The number of benzene rings is 1. The number of hydrogen-bond acceptors (Lipinski definition) is 1. The lowest BCUT2D eigenvalue weighted by Gasteiger charge is -2.29. The predicted molar refractivity (Wildman–Crippen MR) is 88.3 cm³/mol. The lowest BCUT2D eigenvalue weighted by atomic mass is 9.84. The van der Waals surface area contributed by atoms with Crippen LogP contribution in [-0.4, -0.2) is 5.54 Å². The van der Waals surface area contributed by atoms with Crippen molar-refractivity contribution < 1.29 is 0 Å². The van der Waals surface area contributed by atoms with E-state index in [0.717, 1.165) is 30.2 Å². The normalized spacial score (nSPS) is 27.3. The average Bonchev–Trinajstić information content (AvgIpc) is 2.57. The Labute approximate surface area is 128 Å². The molecule has 112 valence electrons. The van der Waals surface area contributed by atoms with Gasteiger partial charge in [-0.05, 0) is 55.7 Å². The number of halogens is 1. The average molecular weight is 294 g/mol. The fourth-order valence-electron chi connectivity index (χ4n) is 3.55. The minimum absolute atomic E-state index is 0.0542. The van der Waals surface area contributed by atoms with Crippen LogP contribution in [0.4, 0.5) is 0 Å². The molecule has 2 unspecified atom stereocenters. The summed E-state index contributed by atoms with van der Waals surface area (Å²) in [6.45, 7) is 4.36.